The quantitative estimate of drug-likeness (QED) is 0.718. The molecule has 0 atom stereocenters. The van der Waals surface area contributed by atoms with Gasteiger partial charge in [0.15, 0.2) is 0 Å². The van der Waals surface area contributed by atoms with E-state index in [4.69, 9.17) is 11.6 Å². The third-order valence-corrected chi connectivity index (χ3v) is 3.15. The van der Waals surface area contributed by atoms with E-state index in [9.17, 15) is 4.79 Å². The fourth-order valence-electron chi connectivity index (χ4n) is 1.92. The zero-order valence-corrected chi connectivity index (χ0v) is 12.9. The van der Waals surface area contributed by atoms with Gasteiger partial charge in [0.2, 0.25) is 0 Å². The number of likely N-dealkylation sites (N-methyl/N-ethyl adjacent to an activating group) is 1. The first-order valence-corrected chi connectivity index (χ1v) is 6.96. The molecule has 4 heteroatoms. The van der Waals surface area contributed by atoms with Crippen molar-refractivity contribution in [2.75, 3.05) is 38.6 Å². The number of carbonyl (C=O) groups excluding carboxylic acids is 1. The SMILES string of the molecule is CC(C)CN(CCN(C)C)c1ccc(C=O)cc1Cl. The van der Waals surface area contributed by atoms with Gasteiger partial charge in [0.05, 0.1) is 10.7 Å². The lowest BCUT2D eigenvalue weighted by atomic mass is 10.1. The molecular formula is C15H23ClN2O. The first kappa shape index (κ1) is 16.0. The maximum atomic E-state index is 10.8. The highest BCUT2D eigenvalue weighted by Crippen LogP contribution is 2.27. The Kier molecular flexibility index (Phi) is 6.32. The summed E-state index contributed by atoms with van der Waals surface area (Å²) in [6.07, 6.45) is 0.822. The molecule has 0 amide bonds. The number of halogens is 1. The van der Waals surface area contributed by atoms with Gasteiger partial charge in [-0.2, -0.15) is 0 Å². The Labute approximate surface area is 121 Å². The fraction of sp³-hybridized carbons (Fsp3) is 0.533. The zero-order valence-electron chi connectivity index (χ0n) is 12.2. The highest BCUT2D eigenvalue weighted by Gasteiger charge is 2.12. The van der Waals surface area contributed by atoms with Gasteiger partial charge in [0.1, 0.15) is 6.29 Å². The molecule has 1 rings (SSSR count). The summed E-state index contributed by atoms with van der Waals surface area (Å²) in [4.78, 5) is 15.2. The van der Waals surface area contributed by atoms with Gasteiger partial charge in [0, 0.05) is 25.2 Å². The normalized spacial score (nSPS) is 11.1. The summed E-state index contributed by atoms with van der Waals surface area (Å²) in [6, 6.07) is 5.48. The van der Waals surface area contributed by atoms with Crippen molar-refractivity contribution in [2.24, 2.45) is 5.92 Å². The lowest BCUT2D eigenvalue weighted by Crippen LogP contribution is -2.34. The predicted octanol–water partition coefficient (Wildman–Crippen LogP) is 3.18. The summed E-state index contributed by atoms with van der Waals surface area (Å²) in [6.45, 7) is 7.23. The summed E-state index contributed by atoms with van der Waals surface area (Å²) in [5.74, 6) is 0.559. The highest BCUT2D eigenvalue weighted by molar-refractivity contribution is 6.33. The van der Waals surface area contributed by atoms with Crippen LogP contribution in [0.4, 0.5) is 5.69 Å². The predicted molar refractivity (Wildman–Crippen MR) is 82.4 cm³/mol. The first-order chi connectivity index (χ1) is 8.93. The van der Waals surface area contributed by atoms with Crippen molar-refractivity contribution in [3.05, 3.63) is 28.8 Å². The zero-order chi connectivity index (χ0) is 14.4. The molecule has 0 aliphatic rings. The lowest BCUT2D eigenvalue weighted by Gasteiger charge is -2.29. The fourth-order valence-corrected chi connectivity index (χ4v) is 2.23. The summed E-state index contributed by atoms with van der Waals surface area (Å²) in [5, 5.41) is 0.643. The topological polar surface area (TPSA) is 23.6 Å². The third-order valence-electron chi connectivity index (χ3n) is 2.85. The van der Waals surface area contributed by atoms with E-state index in [1.165, 1.54) is 0 Å². The van der Waals surface area contributed by atoms with Gasteiger partial charge in [-0.05, 0) is 38.2 Å². The number of hydrogen-bond acceptors (Lipinski definition) is 3. The monoisotopic (exact) mass is 282 g/mol. The van der Waals surface area contributed by atoms with Crippen molar-refractivity contribution in [3.8, 4) is 0 Å². The average Bonchev–Trinajstić information content (AvgIpc) is 2.34. The molecule has 3 nitrogen and oxygen atoms in total. The summed E-state index contributed by atoms with van der Waals surface area (Å²) < 4.78 is 0. The Morgan fingerprint density at radius 3 is 2.42 bits per heavy atom. The van der Waals surface area contributed by atoms with E-state index in [0.717, 1.165) is 31.6 Å². The Hall–Kier alpha value is -1.06. The Morgan fingerprint density at radius 1 is 1.26 bits per heavy atom. The molecular weight excluding hydrogens is 260 g/mol. The summed E-state index contributed by atoms with van der Waals surface area (Å²) in [7, 11) is 4.12. The van der Waals surface area contributed by atoms with E-state index < -0.39 is 0 Å². The van der Waals surface area contributed by atoms with Crippen LogP contribution < -0.4 is 4.90 Å². The number of anilines is 1. The van der Waals surface area contributed by atoms with Crippen LogP contribution in [-0.2, 0) is 0 Å². The second-order valence-corrected chi connectivity index (χ2v) is 5.88. The Morgan fingerprint density at radius 2 is 1.95 bits per heavy atom. The van der Waals surface area contributed by atoms with E-state index in [2.05, 4.69) is 37.7 Å². The minimum Gasteiger partial charge on any atom is -0.369 e. The van der Waals surface area contributed by atoms with Crippen LogP contribution in [0.1, 0.15) is 24.2 Å². The molecule has 0 heterocycles. The van der Waals surface area contributed by atoms with E-state index in [-0.39, 0.29) is 0 Å². The van der Waals surface area contributed by atoms with Gasteiger partial charge < -0.3 is 9.80 Å². The smallest absolute Gasteiger partial charge is 0.150 e. The third kappa shape index (κ3) is 5.21. The van der Waals surface area contributed by atoms with Crippen molar-refractivity contribution in [1.29, 1.82) is 0 Å². The van der Waals surface area contributed by atoms with Crippen molar-refractivity contribution in [1.82, 2.24) is 4.90 Å². The second kappa shape index (κ2) is 7.51. The van der Waals surface area contributed by atoms with Crippen LogP contribution in [0, 0.1) is 5.92 Å². The molecule has 0 aromatic heterocycles. The molecule has 0 saturated heterocycles. The molecule has 0 N–H and O–H groups in total. The molecule has 19 heavy (non-hydrogen) atoms. The van der Waals surface area contributed by atoms with E-state index in [1.54, 1.807) is 6.07 Å². The number of hydrogen-bond donors (Lipinski definition) is 0. The minimum atomic E-state index is 0.559. The number of rotatable bonds is 7. The molecule has 1 aromatic carbocycles. The summed E-state index contributed by atoms with van der Waals surface area (Å²) in [5.41, 5.74) is 1.62. The highest BCUT2D eigenvalue weighted by atomic mass is 35.5. The standard InChI is InChI=1S/C15H23ClN2O/c1-12(2)10-18(8-7-17(3)4)15-6-5-13(11-19)9-14(15)16/h5-6,9,11-12H,7-8,10H2,1-4H3. The van der Waals surface area contributed by atoms with Crippen molar-refractivity contribution in [3.63, 3.8) is 0 Å². The molecule has 0 unspecified atom stereocenters. The number of benzene rings is 1. The largest absolute Gasteiger partial charge is 0.369 e. The first-order valence-electron chi connectivity index (χ1n) is 6.58. The molecule has 0 aliphatic carbocycles. The number of aldehydes is 1. The van der Waals surface area contributed by atoms with Gasteiger partial charge in [-0.15, -0.1) is 0 Å². The molecule has 0 bridgehead atoms. The van der Waals surface area contributed by atoms with E-state index >= 15 is 0 Å². The van der Waals surface area contributed by atoms with Gasteiger partial charge in [0.25, 0.3) is 0 Å². The van der Waals surface area contributed by atoms with Crippen LogP contribution in [0.5, 0.6) is 0 Å². The van der Waals surface area contributed by atoms with Gasteiger partial charge in [-0.25, -0.2) is 0 Å². The molecule has 0 radical (unpaired) electrons. The molecule has 0 spiro atoms. The Bertz CT molecular complexity index is 419. The van der Waals surface area contributed by atoms with Crippen molar-refractivity contribution >= 4 is 23.6 Å². The molecule has 1 aromatic rings. The van der Waals surface area contributed by atoms with E-state index in [0.29, 0.717) is 16.5 Å². The molecule has 0 aliphatic heterocycles. The van der Waals surface area contributed by atoms with Crippen LogP contribution in [0.15, 0.2) is 18.2 Å². The minimum absolute atomic E-state index is 0.559. The molecule has 106 valence electrons. The molecule has 0 fully saturated rings. The lowest BCUT2D eigenvalue weighted by molar-refractivity contribution is 0.112. The molecule has 0 saturated carbocycles. The van der Waals surface area contributed by atoms with Gasteiger partial charge in [-0.3, -0.25) is 4.79 Å². The Balaban J connectivity index is 2.92. The second-order valence-electron chi connectivity index (χ2n) is 5.47. The van der Waals surface area contributed by atoms with Crippen LogP contribution in [-0.4, -0.2) is 44.9 Å². The maximum absolute atomic E-state index is 10.8. The number of nitrogens with zero attached hydrogens (tertiary/aromatic N) is 2. The van der Waals surface area contributed by atoms with Crippen LogP contribution in [0.3, 0.4) is 0 Å². The van der Waals surface area contributed by atoms with E-state index in [1.807, 2.05) is 12.1 Å². The van der Waals surface area contributed by atoms with Crippen molar-refractivity contribution in [2.45, 2.75) is 13.8 Å². The maximum Gasteiger partial charge on any atom is 0.150 e. The number of carbonyl (C=O) groups is 1. The van der Waals surface area contributed by atoms with Crippen molar-refractivity contribution < 1.29 is 4.79 Å². The van der Waals surface area contributed by atoms with Crippen LogP contribution in [0.2, 0.25) is 5.02 Å². The van der Waals surface area contributed by atoms with Gasteiger partial charge >= 0.3 is 0 Å². The van der Waals surface area contributed by atoms with Crippen LogP contribution in [0.25, 0.3) is 0 Å². The van der Waals surface area contributed by atoms with Crippen LogP contribution >= 0.6 is 11.6 Å². The summed E-state index contributed by atoms with van der Waals surface area (Å²) >= 11 is 6.29. The van der Waals surface area contributed by atoms with Gasteiger partial charge in [-0.1, -0.05) is 25.4 Å². The average molecular weight is 283 g/mol.